The van der Waals surface area contributed by atoms with Crippen molar-refractivity contribution >= 4 is 5.95 Å². The number of nitrogens with one attached hydrogen (secondary N) is 1. The second-order valence-corrected chi connectivity index (χ2v) is 4.37. The van der Waals surface area contributed by atoms with E-state index < -0.39 is 0 Å². The minimum Gasteiger partial charge on any atom is -0.380 e. The molecule has 1 rings (SSSR count). The standard InChI is InChI=1S/C13H24N4O/c1-5-6-8-18-9-7-14-10-12-11-15-13(16(2)3)17(12)4/h5,11,14H,1,6-10H2,2-4H3. The van der Waals surface area contributed by atoms with Gasteiger partial charge in [-0.25, -0.2) is 4.98 Å². The Morgan fingerprint density at radius 2 is 2.28 bits per heavy atom. The molecule has 0 aliphatic carbocycles. The molecule has 1 N–H and O–H groups in total. The molecule has 0 unspecified atom stereocenters. The highest BCUT2D eigenvalue weighted by atomic mass is 16.5. The number of rotatable bonds is 9. The van der Waals surface area contributed by atoms with Crippen molar-refractivity contribution in [2.75, 3.05) is 38.8 Å². The van der Waals surface area contributed by atoms with Crippen LogP contribution in [0.25, 0.3) is 0 Å². The fraction of sp³-hybridized carbons (Fsp3) is 0.615. The predicted octanol–water partition coefficient (Wildman–Crippen LogP) is 1.17. The van der Waals surface area contributed by atoms with Crippen LogP contribution in [0.4, 0.5) is 5.95 Å². The van der Waals surface area contributed by atoms with E-state index in [-0.39, 0.29) is 0 Å². The Morgan fingerprint density at radius 1 is 1.50 bits per heavy atom. The van der Waals surface area contributed by atoms with Crippen LogP contribution in [0.2, 0.25) is 0 Å². The summed E-state index contributed by atoms with van der Waals surface area (Å²) in [6.45, 7) is 6.79. The number of anilines is 1. The number of nitrogens with zero attached hydrogens (tertiary/aromatic N) is 3. The lowest BCUT2D eigenvalue weighted by Gasteiger charge is -2.12. The molecule has 0 aliphatic rings. The Hall–Kier alpha value is -1.33. The summed E-state index contributed by atoms with van der Waals surface area (Å²) < 4.78 is 7.51. The van der Waals surface area contributed by atoms with Crippen molar-refractivity contribution in [1.29, 1.82) is 0 Å². The topological polar surface area (TPSA) is 42.3 Å². The van der Waals surface area contributed by atoms with Crippen LogP contribution in [-0.2, 0) is 18.3 Å². The van der Waals surface area contributed by atoms with E-state index in [9.17, 15) is 0 Å². The molecule has 0 fully saturated rings. The zero-order valence-corrected chi connectivity index (χ0v) is 11.6. The van der Waals surface area contributed by atoms with Gasteiger partial charge in [0.25, 0.3) is 0 Å². The van der Waals surface area contributed by atoms with Gasteiger partial charge >= 0.3 is 0 Å². The van der Waals surface area contributed by atoms with Gasteiger partial charge in [-0.3, -0.25) is 0 Å². The molecule has 0 radical (unpaired) electrons. The van der Waals surface area contributed by atoms with Gasteiger partial charge in [0.05, 0.1) is 25.1 Å². The molecule has 5 heteroatoms. The van der Waals surface area contributed by atoms with E-state index in [0.717, 1.165) is 38.7 Å². The first-order valence-electron chi connectivity index (χ1n) is 6.24. The average Bonchev–Trinajstić information content (AvgIpc) is 2.70. The molecule has 0 aromatic carbocycles. The lowest BCUT2D eigenvalue weighted by molar-refractivity contribution is 0.140. The summed E-state index contributed by atoms with van der Waals surface area (Å²) in [6.07, 6.45) is 4.68. The van der Waals surface area contributed by atoms with Gasteiger partial charge in [-0.05, 0) is 6.42 Å². The van der Waals surface area contributed by atoms with Crippen molar-refractivity contribution in [3.63, 3.8) is 0 Å². The summed E-state index contributed by atoms with van der Waals surface area (Å²) in [5.41, 5.74) is 1.17. The van der Waals surface area contributed by atoms with Gasteiger partial charge in [0, 0.05) is 34.2 Å². The monoisotopic (exact) mass is 252 g/mol. The van der Waals surface area contributed by atoms with Crippen LogP contribution in [0, 0.1) is 0 Å². The Labute approximate surface area is 109 Å². The van der Waals surface area contributed by atoms with Crippen LogP contribution >= 0.6 is 0 Å². The van der Waals surface area contributed by atoms with Crippen LogP contribution < -0.4 is 10.2 Å². The first-order chi connectivity index (χ1) is 8.66. The number of ether oxygens (including phenoxy) is 1. The van der Waals surface area contributed by atoms with Crippen molar-refractivity contribution in [3.05, 3.63) is 24.5 Å². The Morgan fingerprint density at radius 3 is 2.89 bits per heavy atom. The lowest BCUT2D eigenvalue weighted by Crippen LogP contribution is -2.21. The smallest absolute Gasteiger partial charge is 0.204 e. The Kier molecular flexibility index (Phi) is 6.46. The number of imidazole rings is 1. The zero-order chi connectivity index (χ0) is 13.4. The van der Waals surface area contributed by atoms with Gasteiger partial charge in [-0.1, -0.05) is 6.08 Å². The van der Waals surface area contributed by atoms with E-state index in [2.05, 4.69) is 21.4 Å². The van der Waals surface area contributed by atoms with Gasteiger partial charge in [-0.2, -0.15) is 0 Å². The second-order valence-electron chi connectivity index (χ2n) is 4.37. The fourth-order valence-electron chi connectivity index (χ4n) is 1.64. The summed E-state index contributed by atoms with van der Waals surface area (Å²) in [7, 11) is 6.01. The molecule has 0 amide bonds. The van der Waals surface area contributed by atoms with Crippen molar-refractivity contribution in [1.82, 2.24) is 14.9 Å². The molecule has 1 aromatic heterocycles. The summed E-state index contributed by atoms with van der Waals surface area (Å²) in [5, 5.41) is 3.34. The molecule has 1 heterocycles. The molecule has 0 spiro atoms. The third-order valence-electron chi connectivity index (χ3n) is 2.66. The van der Waals surface area contributed by atoms with Crippen LogP contribution in [0.3, 0.4) is 0 Å². The van der Waals surface area contributed by atoms with Crippen LogP contribution in [0.15, 0.2) is 18.9 Å². The normalized spacial score (nSPS) is 10.6. The Bertz CT molecular complexity index is 360. The predicted molar refractivity (Wildman–Crippen MR) is 74.9 cm³/mol. The molecular formula is C13H24N4O. The van der Waals surface area contributed by atoms with Crippen molar-refractivity contribution in [2.24, 2.45) is 7.05 Å². The number of hydrogen-bond donors (Lipinski definition) is 1. The molecular weight excluding hydrogens is 228 g/mol. The highest BCUT2D eigenvalue weighted by Gasteiger charge is 2.06. The molecule has 0 aliphatic heterocycles. The van der Waals surface area contributed by atoms with Crippen LogP contribution in [0.1, 0.15) is 12.1 Å². The third-order valence-corrected chi connectivity index (χ3v) is 2.66. The van der Waals surface area contributed by atoms with Gasteiger partial charge < -0.3 is 19.5 Å². The van der Waals surface area contributed by atoms with Gasteiger partial charge in [0.2, 0.25) is 5.95 Å². The first-order valence-corrected chi connectivity index (χ1v) is 6.24. The SMILES string of the molecule is C=CCCOCCNCc1cnc(N(C)C)n1C. The molecule has 0 bridgehead atoms. The van der Waals surface area contributed by atoms with Crippen molar-refractivity contribution in [2.45, 2.75) is 13.0 Å². The van der Waals surface area contributed by atoms with E-state index in [4.69, 9.17) is 4.74 Å². The summed E-state index contributed by atoms with van der Waals surface area (Å²) in [4.78, 5) is 6.36. The van der Waals surface area contributed by atoms with Crippen molar-refractivity contribution < 1.29 is 4.74 Å². The van der Waals surface area contributed by atoms with E-state index >= 15 is 0 Å². The van der Waals surface area contributed by atoms with Gasteiger partial charge in [-0.15, -0.1) is 6.58 Å². The molecule has 102 valence electrons. The number of hydrogen-bond acceptors (Lipinski definition) is 4. The van der Waals surface area contributed by atoms with Crippen molar-refractivity contribution in [3.8, 4) is 0 Å². The summed E-state index contributed by atoms with van der Waals surface area (Å²) >= 11 is 0. The third kappa shape index (κ3) is 4.50. The largest absolute Gasteiger partial charge is 0.380 e. The molecule has 0 atom stereocenters. The molecule has 0 saturated heterocycles. The fourth-order valence-corrected chi connectivity index (χ4v) is 1.64. The highest BCUT2D eigenvalue weighted by molar-refractivity contribution is 5.30. The minimum atomic E-state index is 0.728. The molecule has 18 heavy (non-hydrogen) atoms. The summed E-state index contributed by atoms with van der Waals surface area (Å²) in [6, 6.07) is 0. The van der Waals surface area contributed by atoms with Crippen LogP contribution in [0.5, 0.6) is 0 Å². The van der Waals surface area contributed by atoms with Gasteiger partial charge in [0.1, 0.15) is 0 Å². The molecule has 5 nitrogen and oxygen atoms in total. The summed E-state index contributed by atoms with van der Waals surface area (Å²) in [5.74, 6) is 0.967. The zero-order valence-electron chi connectivity index (χ0n) is 11.6. The lowest BCUT2D eigenvalue weighted by atomic mass is 10.4. The average molecular weight is 252 g/mol. The number of aromatic nitrogens is 2. The van der Waals surface area contributed by atoms with E-state index in [1.807, 2.05) is 38.3 Å². The van der Waals surface area contributed by atoms with Crippen LogP contribution in [-0.4, -0.2) is 43.4 Å². The molecule has 1 aromatic rings. The van der Waals surface area contributed by atoms with E-state index in [1.54, 1.807) is 0 Å². The Balaban J connectivity index is 2.21. The maximum absolute atomic E-state index is 5.42. The highest BCUT2D eigenvalue weighted by Crippen LogP contribution is 2.10. The first kappa shape index (κ1) is 14.7. The van der Waals surface area contributed by atoms with E-state index in [1.165, 1.54) is 5.69 Å². The van der Waals surface area contributed by atoms with Gasteiger partial charge in [0.15, 0.2) is 0 Å². The second kappa shape index (κ2) is 7.89. The maximum atomic E-state index is 5.42. The van der Waals surface area contributed by atoms with E-state index in [0.29, 0.717) is 0 Å². The maximum Gasteiger partial charge on any atom is 0.204 e. The quantitative estimate of drug-likeness (QED) is 0.529. The minimum absolute atomic E-state index is 0.728. The molecule has 0 saturated carbocycles.